The predicted octanol–water partition coefficient (Wildman–Crippen LogP) is 1.47. The first-order valence-corrected chi connectivity index (χ1v) is 3.30. The molecule has 12 heavy (non-hydrogen) atoms. The summed E-state index contributed by atoms with van der Waals surface area (Å²) in [5.41, 5.74) is 0. The molecule has 0 radical (unpaired) electrons. The van der Waals surface area contributed by atoms with Crippen molar-refractivity contribution in [2.24, 2.45) is 32.4 Å². The third-order valence-electron chi connectivity index (χ3n) is 0.564. The van der Waals surface area contributed by atoms with Gasteiger partial charge in [-0.2, -0.15) is 10.2 Å². The van der Waals surface area contributed by atoms with Crippen molar-refractivity contribution >= 4 is 0 Å². The highest BCUT2D eigenvalue weighted by Crippen LogP contribution is 1.57. The fourth-order valence-electron chi connectivity index (χ4n) is 0. The Hall–Kier alpha value is -1.46. The van der Waals surface area contributed by atoms with E-state index in [4.69, 9.17) is 0 Å². The number of allylic oxidation sites excluding steroid dienone is 2. The summed E-state index contributed by atoms with van der Waals surface area (Å²) in [5.74, 6) is 8.97. The largest absolute Gasteiger partial charge is 0.305 e. The maximum Gasteiger partial charge on any atom is 0.0508 e. The van der Waals surface area contributed by atoms with Crippen LogP contribution in [0, 0.1) is 0 Å². The van der Waals surface area contributed by atoms with E-state index in [-0.39, 0.29) is 0 Å². The van der Waals surface area contributed by atoms with Crippen molar-refractivity contribution in [1.82, 2.24) is 0 Å². The molecule has 0 amide bonds. The predicted molar refractivity (Wildman–Crippen MR) is 50.4 cm³/mol. The zero-order valence-corrected chi connectivity index (χ0v) is 8.10. The lowest BCUT2D eigenvalue weighted by atomic mass is 10.6. The Morgan fingerprint density at radius 2 is 1.00 bits per heavy atom. The van der Waals surface area contributed by atoms with Gasteiger partial charge in [0.15, 0.2) is 0 Å². The summed E-state index contributed by atoms with van der Waals surface area (Å²) in [6.07, 6.45) is 4.00. The first-order chi connectivity index (χ1) is 5.74. The molecule has 0 saturated heterocycles. The van der Waals surface area contributed by atoms with E-state index >= 15 is 0 Å². The minimum Gasteiger partial charge on any atom is -0.305 e. The van der Waals surface area contributed by atoms with Crippen molar-refractivity contribution in [2.45, 2.75) is 13.8 Å². The van der Waals surface area contributed by atoms with Crippen LogP contribution in [0.1, 0.15) is 13.8 Å². The van der Waals surface area contributed by atoms with Gasteiger partial charge in [0.2, 0.25) is 0 Å². The highest BCUT2D eigenvalue weighted by Gasteiger charge is 1.34. The summed E-state index contributed by atoms with van der Waals surface area (Å²) in [6, 6.07) is 0. The molecular weight excluding hydrogens is 156 g/mol. The van der Waals surface area contributed by atoms with E-state index in [0.717, 1.165) is 0 Å². The quantitative estimate of drug-likeness (QED) is 0.251. The molecule has 0 aromatic rings. The molecule has 0 aliphatic heterocycles. The zero-order chi connectivity index (χ0) is 10.2. The van der Waals surface area contributed by atoms with E-state index in [2.05, 4.69) is 32.4 Å². The molecule has 0 spiro atoms. The molecular formula is C6H18N6. The van der Waals surface area contributed by atoms with Gasteiger partial charge in [-0.15, -0.1) is 0 Å². The number of hydrogen-bond acceptors (Lipinski definition) is 4. The van der Waals surface area contributed by atoms with Crippen LogP contribution in [0.25, 0.3) is 0 Å². The van der Waals surface area contributed by atoms with Crippen LogP contribution in [0.4, 0.5) is 0 Å². The van der Waals surface area contributed by atoms with E-state index in [0.29, 0.717) is 0 Å². The molecule has 0 unspecified atom stereocenters. The van der Waals surface area contributed by atoms with E-state index in [1.54, 1.807) is 0 Å². The zero-order valence-electron chi connectivity index (χ0n) is 8.10. The van der Waals surface area contributed by atoms with Crippen LogP contribution in [-0.2, 0) is 0 Å². The summed E-state index contributed by atoms with van der Waals surface area (Å²) < 4.78 is 0. The van der Waals surface area contributed by atoms with Crippen molar-refractivity contribution in [2.75, 3.05) is 14.1 Å². The number of nitrogens with two attached hydrogens (primary N) is 2. The van der Waals surface area contributed by atoms with Crippen LogP contribution in [-0.4, -0.2) is 14.1 Å². The molecule has 0 aliphatic rings. The minimum atomic E-state index is 1.51. The van der Waals surface area contributed by atoms with Crippen molar-refractivity contribution in [3.63, 3.8) is 0 Å². The first-order valence-electron chi connectivity index (χ1n) is 3.30. The molecule has 0 saturated carbocycles. The monoisotopic (exact) mass is 174 g/mol. The van der Waals surface area contributed by atoms with Crippen molar-refractivity contribution in [3.8, 4) is 0 Å². The minimum absolute atomic E-state index is 1.51. The van der Waals surface area contributed by atoms with Crippen LogP contribution in [0.5, 0.6) is 0 Å². The second kappa shape index (κ2) is 33.8. The van der Waals surface area contributed by atoms with Crippen LogP contribution >= 0.6 is 0 Å². The van der Waals surface area contributed by atoms with E-state index in [1.807, 2.05) is 26.0 Å². The van der Waals surface area contributed by atoms with Crippen molar-refractivity contribution in [1.29, 1.82) is 0 Å². The molecule has 0 aliphatic carbocycles. The number of hydrogen-bond donors (Lipinski definition) is 2. The number of nitrogens with zero attached hydrogens (tertiary/aromatic N) is 4. The van der Waals surface area contributed by atoms with Gasteiger partial charge in [-0.3, -0.25) is 0 Å². The Morgan fingerprint density at radius 1 is 0.833 bits per heavy atom. The van der Waals surface area contributed by atoms with E-state index in [1.165, 1.54) is 14.1 Å². The lowest BCUT2D eigenvalue weighted by molar-refractivity contribution is 1.02. The van der Waals surface area contributed by atoms with Crippen LogP contribution in [0.3, 0.4) is 0 Å². The first kappa shape index (κ1) is 16.9. The van der Waals surface area contributed by atoms with Gasteiger partial charge in [-0.1, -0.05) is 22.6 Å². The average Bonchev–Trinajstić information content (AvgIpc) is 2.18. The van der Waals surface area contributed by atoms with Crippen LogP contribution in [0.15, 0.2) is 32.8 Å². The van der Waals surface area contributed by atoms with E-state index < -0.39 is 0 Å². The normalized spacial score (nSPS) is 9.33. The summed E-state index contributed by atoms with van der Waals surface area (Å²) in [6.45, 7) is 4.00. The highest BCUT2D eigenvalue weighted by atomic mass is 15.3. The van der Waals surface area contributed by atoms with Gasteiger partial charge in [0.25, 0.3) is 0 Å². The molecule has 0 aromatic carbocycles. The van der Waals surface area contributed by atoms with Crippen LogP contribution < -0.4 is 11.7 Å². The van der Waals surface area contributed by atoms with Gasteiger partial charge in [0.05, 0.1) is 14.1 Å². The molecule has 72 valence electrons. The Morgan fingerprint density at radius 3 is 1.00 bits per heavy atom. The third-order valence-corrected chi connectivity index (χ3v) is 0.564. The summed E-state index contributed by atoms with van der Waals surface area (Å²) in [4.78, 5) is 0. The Balaban J connectivity index is -0.000000101. The molecule has 6 heteroatoms. The molecule has 0 rings (SSSR count). The molecule has 0 fully saturated rings. The molecule has 4 N–H and O–H groups in total. The second-order valence-electron chi connectivity index (χ2n) is 1.30. The molecule has 6 nitrogen and oxygen atoms in total. The van der Waals surface area contributed by atoms with E-state index in [9.17, 15) is 0 Å². The summed E-state index contributed by atoms with van der Waals surface area (Å²) >= 11 is 0. The Bertz CT molecular complexity index is 81.4. The Kier molecular flexibility index (Phi) is 47.5. The lowest BCUT2D eigenvalue weighted by Crippen LogP contribution is -1.70. The smallest absolute Gasteiger partial charge is 0.0508 e. The fraction of sp³-hybridized carbons (Fsp3) is 0.667. The SMILES string of the molecule is CC=CC.CN=NN.CN=NN. The van der Waals surface area contributed by atoms with Gasteiger partial charge >= 0.3 is 0 Å². The number of rotatable bonds is 0. The summed E-state index contributed by atoms with van der Waals surface area (Å²) in [5, 5.41) is 12.0. The second-order valence-corrected chi connectivity index (χ2v) is 1.30. The fourth-order valence-corrected chi connectivity index (χ4v) is 0. The third kappa shape index (κ3) is 205. The lowest BCUT2D eigenvalue weighted by Gasteiger charge is -1.55. The maximum atomic E-state index is 4.49. The van der Waals surface area contributed by atoms with Gasteiger partial charge < -0.3 is 11.7 Å². The van der Waals surface area contributed by atoms with Gasteiger partial charge in [-0.25, -0.2) is 0 Å². The van der Waals surface area contributed by atoms with Crippen molar-refractivity contribution < 1.29 is 0 Å². The summed E-state index contributed by atoms with van der Waals surface area (Å²) in [7, 11) is 3.03. The highest BCUT2D eigenvalue weighted by molar-refractivity contribution is 4.68. The molecule has 0 bridgehead atoms. The van der Waals surface area contributed by atoms with Crippen LogP contribution in [0.2, 0.25) is 0 Å². The molecule has 0 atom stereocenters. The maximum absolute atomic E-state index is 4.49. The standard InChI is InChI=1S/C4H8.2CH5N3/c3*1-3-4-2/h3-4H,1-2H3;2*1H3,(H2,2,3). The Labute approximate surface area is 73.4 Å². The topological polar surface area (TPSA) is 101 Å². The van der Waals surface area contributed by atoms with Gasteiger partial charge in [0.1, 0.15) is 0 Å². The molecule has 0 aromatic heterocycles. The van der Waals surface area contributed by atoms with Gasteiger partial charge in [0, 0.05) is 0 Å². The molecule has 0 heterocycles. The average molecular weight is 174 g/mol. The van der Waals surface area contributed by atoms with Crippen molar-refractivity contribution in [3.05, 3.63) is 12.2 Å². The van der Waals surface area contributed by atoms with Gasteiger partial charge in [-0.05, 0) is 13.8 Å².